The molecule has 0 aromatic heterocycles. The molecule has 0 N–H and O–H groups in total. The van der Waals surface area contributed by atoms with Gasteiger partial charge in [0.1, 0.15) is 13.2 Å². The minimum Gasteiger partial charge on any atom is -0.462 e. The summed E-state index contributed by atoms with van der Waals surface area (Å²) in [6.45, 7) is 6.42. The number of carbonyl (C=O) groups excluding carboxylic acids is 3. The summed E-state index contributed by atoms with van der Waals surface area (Å²) >= 11 is 0. The van der Waals surface area contributed by atoms with Crippen LogP contribution in [0.1, 0.15) is 226 Å². The fourth-order valence-electron chi connectivity index (χ4n) is 6.51. The fourth-order valence-corrected chi connectivity index (χ4v) is 6.51. The van der Waals surface area contributed by atoms with Crippen LogP contribution in [0.3, 0.4) is 0 Å². The van der Waals surface area contributed by atoms with Crippen LogP contribution < -0.4 is 0 Å². The van der Waals surface area contributed by atoms with Crippen molar-refractivity contribution in [3.63, 3.8) is 0 Å². The van der Waals surface area contributed by atoms with Crippen LogP contribution in [0.4, 0.5) is 0 Å². The zero-order chi connectivity index (χ0) is 43.0. The van der Waals surface area contributed by atoms with Crippen LogP contribution in [0.2, 0.25) is 0 Å². The molecule has 0 spiro atoms. The molecule has 0 aliphatic heterocycles. The first kappa shape index (κ1) is 55.9. The summed E-state index contributed by atoms with van der Waals surface area (Å²) in [4.78, 5) is 37.8. The maximum Gasteiger partial charge on any atom is 0.306 e. The molecule has 6 nitrogen and oxygen atoms in total. The summed E-state index contributed by atoms with van der Waals surface area (Å²) in [5, 5.41) is 0. The van der Waals surface area contributed by atoms with E-state index >= 15 is 0 Å². The summed E-state index contributed by atoms with van der Waals surface area (Å²) in [7, 11) is 0. The molecule has 0 saturated carbocycles. The normalized spacial score (nSPS) is 12.7. The lowest BCUT2D eigenvalue weighted by Gasteiger charge is -2.18. The van der Waals surface area contributed by atoms with Gasteiger partial charge in [0.2, 0.25) is 0 Å². The third kappa shape index (κ3) is 45.8. The van der Waals surface area contributed by atoms with Crippen LogP contribution >= 0.6 is 0 Å². The molecule has 0 aliphatic rings. The van der Waals surface area contributed by atoms with Gasteiger partial charge in [-0.2, -0.15) is 0 Å². The van der Waals surface area contributed by atoms with E-state index in [1.807, 2.05) is 0 Å². The molecule has 59 heavy (non-hydrogen) atoms. The van der Waals surface area contributed by atoms with Crippen molar-refractivity contribution >= 4 is 17.9 Å². The van der Waals surface area contributed by atoms with Crippen molar-refractivity contribution in [3.8, 4) is 0 Å². The van der Waals surface area contributed by atoms with Crippen molar-refractivity contribution < 1.29 is 28.6 Å². The van der Waals surface area contributed by atoms with E-state index in [0.717, 1.165) is 89.9 Å². The molecule has 0 amide bonds. The Morgan fingerprint density at radius 3 is 1.22 bits per heavy atom. The van der Waals surface area contributed by atoms with Gasteiger partial charge in [0.05, 0.1) is 0 Å². The first-order valence-corrected chi connectivity index (χ1v) is 24.5. The zero-order valence-corrected chi connectivity index (χ0v) is 38.5. The standard InChI is InChI=1S/C53H90O6/c1-4-7-10-13-16-19-22-24-26-27-29-31-34-37-40-43-46-52(55)58-49-50(48-57-51(54)45-42-39-36-33-30-21-18-15-12-9-6-3)59-53(56)47-44-41-38-35-32-28-25-23-20-17-14-11-8-5-2/h9,12,18,21,26-29,31-33,36,50H,4-8,10-11,13-17,19-20,22-25,30,34-35,37-49H2,1-3H3/b12-9-,21-18-,27-26-,31-29-,32-28-,36-33-. The molecule has 6 heteroatoms. The molecule has 0 fully saturated rings. The van der Waals surface area contributed by atoms with Gasteiger partial charge in [-0.15, -0.1) is 0 Å². The third-order valence-electron chi connectivity index (χ3n) is 10.2. The Labute approximate surface area is 363 Å². The van der Waals surface area contributed by atoms with Crippen molar-refractivity contribution in [2.45, 2.75) is 232 Å². The van der Waals surface area contributed by atoms with Gasteiger partial charge in [-0.1, -0.05) is 184 Å². The van der Waals surface area contributed by atoms with E-state index in [2.05, 4.69) is 93.7 Å². The number of hydrogen-bond acceptors (Lipinski definition) is 6. The van der Waals surface area contributed by atoms with Crippen LogP contribution in [0.25, 0.3) is 0 Å². The highest BCUT2D eigenvalue weighted by Gasteiger charge is 2.19. The molecular weight excluding hydrogens is 733 g/mol. The molecule has 1 unspecified atom stereocenters. The molecule has 0 aliphatic carbocycles. The lowest BCUT2D eigenvalue weighted by Crippen LogP contribution is -2.30. The number of unbranched alkanes of at least 4 members (excludes halogenated alkanes) is 21. The predicted molar refractivity (Wildman–Crippen MR) is 251 cm³/mol. The van der Waals surface area contributed by atoms with E-state index < -0.39 is 6.10 Å². The Hall–Kier alpha value is -3.15. The van der Waals surface area contributed by atoms with E-state index in [4.69, 9.17) is 14.2 Å². The van der Waals surface area contributed by atoms with Gasteiger partial charge in [-0.05, 0) is 96.3 Å². The van der Waals surface area contributed by atoms with Gasteiger partial charge < -0.3 is 14.2 Å². The molecular formula is C53H90O6. The van der Waals surface area contributed by atoms with Crippen molar-refractivity contribution in [3.05, 3.63) is 72.9 Å². The Bertz CT molecular complexity index is 1130. The van der Waals surface area contributed by atoms with Crippen LogP contribution in [0.15, 0.2) is 72.9 Å². The van der Waals surface area contributed by atoms with Crippen LogP contribution in [-0.2, 0) is 28.6 Å². The summed E-state index contributed by atoms with van der Waals surface area (Å²) in [6.07, 6.45) is 59.0. The minimum absolute atomic E-state index is 0.111. The largest absolute Gasteiger partial charge is 0.462 e. The number of carbonyl (C=O) groups is 3. The maximum atomic E-state index is 12.7. The zero-order valence-electron chi connectivity index (χ0n) is 38.5. The van der Waals surface area contributed by atoms with Gasteiger partial charge >= 0.3 is 17.9 Å². The average Bonchev–Trinajstić information content (AvgIpc) is 3.23. The second kappa shape index (κ2) is 47.5. The SMILES string of the molecule is CC/C=C\C/C=C\C/C=C\CCCC(=O)OCC(COC(=O)CCCCC/C=C\C=C/CCCCCCCCC)OC(=O)CCCCC/C=C\CCCCCCCCC. The highest BCUT2D eigenvalue weighted by Crippen LogP contribution is 2.12. The molecule has 0 radical (unpaired) electrons. The van der Waals surface area contributed by atoms with Crippen molar-refractivity contribution in [2.75, 3.05) is 13.2 Å². The van der Waals surface area contributed by atoms with E-state index in [1.54, 1.807) is 0 Å². The number of ether oxygens (including phenoxy) is 3. The lowest BCUT2D eigenvalue weighted by atomic mass is 10.1. The second-order valence-corrected chi connectivity index (χ2v) is 16.0. The molecule has 0 heterocycles. The van der Waals surface area contributed by atoms with Gasteiger partial charge in [0.15, 0.2) is 6.10 Å². The Balaban J connectivity index is 4.49. The number of allylic oxidation sites excluding steroid dienone is 12. The Morgan fingerprint density at radius 1 is 0.373 bits per heavy atom. The third-order valence-corrected chi connectivity index (χ3v) is 10.2. The summed E-state index contributed by atoms with van der Waals surface area (Å²) in [5.74, 6) is -1.01. The van der Waals surface area contributed by atoms with Gasteiger partial charge in [-0.3, -0.25) is 14.4 Å². The Kier molecular flexibility index (Phi) is 45.0. The van der Waals surface area contributed by atoms with Gasteiger partial charge in [-0.25, -0.2) is 0 Å². The lowest BCUT2D eigenvalue weighted by molar-refractivity contribution is -0.167. The first-order valence-electron chi connectivity index (χ1n) is 24.5. The smallest absolute Gasteiger partial charge is 0.306 e. The van der Waals surface area contributed by atoms with Crippen molar-refractivity contribution in [1.82, 2.24) is 0 Å². The predicted octanol–water partition coefficient (Wildman–Crippen LogP) is 15.9. The van der Waals surface area contributed by atoms with Crippen LogP contribution in [-0.4, -0.2) is 37.2 Å². The highest BCUT2D eigenvalue weighted by molar-refractivity contribution is 5.71. The van der Waals surface area contributed by atoms with Crippen LogP contribution in [0.5, 0.6) is 0 Å². The number of esters is 3. The molecule has 0 bridgehead atoms. The molecule has 0 aromatic carbocycles. The monoisotopic (exact) mass is 823 g/mol. The van der Waals surface area contributed by atoms with E-state index in [1.165, 1.54) is 89.9 Å². The Morgan fingerprint density at radius 2 is 0.729 bits per heavy atom. The topological polar surface area (TPSA) is 78.9 Å². The van der Waals surface area contributed by atoms with Crippen molar-refractivity contribution in [2.24, 2.45) is 0 Å². The second-order valence-electron chi connectivity index (χ2n) is 16.0. The van der Waals surface area contributed by atoms with Crippen molar-refractivity contribution in [1.29, 1.82) is 0 Å². The number of rotatable bonds is 43. The highest BCUT2D eigenvalue weighted by atomic mass is 16.6. The maximum absolute atomic E-state index is 12.7. The summed E-state index contributed by atoms with van der Waals surface area (Å²) < 4.78 is 16.7. The molecule has 0 aromatic rings. The molecule has 0 rings (SSSR count). The molecule has 338 valence electrons. The fraction of sp³-hybridized carbons (Fsp3) is 0.717. The quantitative estimate of drug-likeness (QED) is 0.0200. The summed E-state index contributed by atoms with van der Waals surface area (Å²) in [5.41, 5.74) is 0. The van der Waals surface area contributed by atoms with Gasteiger partial charge in [0, 0.05) is 19.3 Å². The van der Waals surface area contributed by atoms with E-state index in [9.17, 15) is 14.4 Å². The number of hydrogen-bond donors (Lipinski definition) is 0. The molecule has 0 saturated heterocycles. The van der Waals surface area contributed by atoms with E-state index in [-0.39, 0.29) is 37.5 Å². The molecule has 1 atom stereocenters. The minimum atomic E-state index is -0.812. The average molecular weight is 823 g/mol. The summed E-state index contributed by atoms with van der Waals surface area (Å²) in [6, 6.07) is 0. The van der Waals surface area contributed by atoms with E-state index in [0.29, 0.717) is 19.3 Å². The first-order chi connectivity index (χ1) is 29.0. The van der Waals surface area contributed by atoms with Gasteiger partial charge in [0.25, 0.3) is 0 Å². The van der Waals surface area contributed by atoms with Crippen LogP contribution in [0, 0.1) is 0 Å².